The van der Waals surface area contributed by atoms with E-state index in [0.717, 1.165) is 5.56 Å². The standard InChI is InChI=1S/C18H23NO/c1-14(15-10-6-4-7-11-15)19-17(18(2,3)20)16-12-8-5-9-13-16/h4-14,17,19-20H,1-3H3/t14-,17-/m0/s1. The van der Waals surface area contributed by atoms with Crippen LogP contribution in [0.15, 0.2) is 60.7 Å². The first-order chi connectivity index (χ1) is 9.48. The van der Waals surface area contributed by atoms with E-state index in [9.17, 15) is 5.11 Å². The summed E-state index contributed by atoms with van der Waals surface area (Å²) in [5.74, 6) is 0. The molecule has 2 aromatic rings. The van der Waals surface area contributed by atoms with Gasteiger partial charge >= 0.3 is 0 Å². The van der Waals surface area contributed by atoms with Gasteiger partial charge in [0.15, 0.2) is 0 Å². The van der Waals surface area contributed by atoms with E-state index in [1.807, 2.05) is 62.4 Å². The van der Waals surface area contributed by atoms with Gasteiger partial charge in [-0.05, 0) is 31.9 Å². The molecule has 0 spiro atoms. The van der Waals surface area contributed by atoms with Gasteiger partial charge in [-0.25, -0.2) is 0 Å². The predicted molar refractivity (Wildman–Crippen MR) is 83.5 cm³/mol. The second-order valence-electron chi connectivity index (χ2n) is 5.80. The van der Waals surface area contributed by atoms with Gasteiger partial charge in [-0.3, -0.25) is 0 Å². The topological polar surface area (TPSA) is 32.3 Å². The van der Waals surface area contributed by atoms with Crippen molar-refractivity contribution in [1.29, 1.82) is 0 Å². The fourth-order valence-corrected chi connectivity index (χ4v) is 2.44. The van der Waals surface area contributed by atoms with Crippen LogP contribution in [0.1, 0.15) is 44.0 Å². The molecule has 2 nitrogen and oxygen atoms in total. The van der Waals surface area contributed by atoms with E-state index in [-0.39, 0.29) is 12.1 Å². The zero-order valence-electron chi connectivity index (χ0n) is 12.4. The van der Waals surface area contributed by atoms with Crippen molar-refractivity contribution in [1.82, 2.24) is 5.32 Å². The Kier molecular flexibility index (Phi) is 4.58. The molecule has 0 unspecified atom stereocenters. The molecule has 0 aliphatic heterocycles. The lowest BCUT2D eigenvalue weighted by Gasteiger charge is -2.33. The second-order valence-corrected chi connectivity index (χ2v) is 5.80. The van der Waals surface area contributed by atoms with Gasteiger partial charge in [-0.15, -0.1) is 0 Å². The molecule has 2 N–H and O–H groups in total. The van der Waals surface area contributed by atoms with E-state index in [1.54, 1.807) is 0 Å². The largest absolute Gasteiger partial charge is 0.388 e. The number of hydrogen-bond donors (Lipinski definition) is 2. The van der Waals surface area contributed by atoms with Crippen molar-refractivity contribution in [3.63, 3.8) is 0 Å². The van der Waals surface area contributed by atoms with Crippen molar-refractivity contribution in [2.24, 2.45) is 0 Å². The molecule has 2 heteroatoms. The lowest BCUT2D eigenvalue weighted by molar-refractivity contribution is 0.0329. The van der Waals surface area contributed by atoms with Crippen LogP contribution in [0, 0.1) is 0 Å². The van der Waals surface area contributed by atoms with E-state index in [2.05, 4.69) is 24.4 Å². The predicted octanol–water partition coefficient (Wildman–Crippen LogP) is 3.85. The first kappa shape index (κ1) is 14.8. The molecule has 2 atom stereocenters. The number of nitrogens with one attached hydrogen (secondary N) is 1. The molecule has 106 valence electrons. The summed E-state index contributed by atoms with van der Waals surface area (Å²) in [5.41, 5.74) is 1.49. The molecule has 0 radical (unpaired) electrons. The van der Waals surface area contributed by atoms with Gasteiger partial charge < -0.3 is 10.4 Å². The van der Waals surface area contributed by atoms with Crippen LogP contribution in [0.3, 0.4) is 0 Å². The third kappa shape index (κ3) is 3.69. The van der Waals surface area contributed by atoms with Crippen molar-refractivity contribution >= 4 is 0 Å². The molecule has 0 aromatic heterocycles. The Morgan fingerprint density at radius 2 is 1.30 bits per heavy atom. The molecule has 0 saturated carbocycles. The third-order valence-corrected chi connectivity index (χ3v) is 3.56. The second kappa shape index (κ2) is 6.21. The highest BCUT2D eigenvalue weighted by atomic mass is 16.3. The lowest BCUT2D eigenvalue weighted by Crippen LogP contribution is -2.40. The summed E-state index contributed by atoms with van der Waals surface area (Å²) in [5, 5.41) is 14.0. The van der Waals surface area contributed by atoms with Crippen LogP contribution < -0.4 is 5.32 Å². The molecule has 0 fully saturated rings. The van der Waals surface area contributed by atoms with Crippen LogP contribution in [0.25, 0.3) is 0 Å². The Balaban J connectivity index is 2.22. The molecule has 20 heavy (non-hydrogen) atoms. The van der Waals surface area contributed by atoms with Crippen LogP contribution in [-0.2, 0) is 0 Å². The Labute approximate surface area is 121 Å². The van der Waals surface area contributed by atoms with Gasteiger partial charge in [0.1, 0.15) is 0 Å². The molecule has 0 saturated heterocycles. The summed E-state index contributed by atoms with van der Waals surface area (Å²) in [7, 11) is 0. The Hall–Kier alpha value is -1.64. The monoisotopic (exact) mass is 269 g/mol. The van der Waals surface area contributed by atoms with Crippen molar-refractivity contribution in [2.75, 3.05) is 0 Å². The van der Waals surface area contributed by atoms with E-state index in [4.69, 9.17) is 0 Å². The van der Waals surface area contributed by atoms with Crippen LogP contribution in [0.4, 0.5) is 0 Å². The highest BCUT2D eigenvalue weighted by molar-refractivity contribution is 5.24. The van der Waals surface area contributed by atoms with Gasteiger partial charge in [0.2, 0.25) is 0 Å². The van der Waals surface area contributed by atoms with Crippen LogP contribution >= 0.6 is 0 Å². The molecular formula is C18H23NO. The highest BCUT2D eigenvalue weighted by Crippen LogP contribution is 2.28. The van der Waals surface area contributed by atoms with Crippen LogP contribution in [0.5, 0.6) is 0 Å². The number of aliphatic hydroxyl groups is 1. The van der Waals surface area contributed by atoms with E-state index in [1.165, 1.54) is 5.56 Å². The van der Waals surface area contributed by atoms with Gasteiger partial charge in [0.05, 0.1) is 11.6 Å². The summed E-state index contributed by atoms with van der Waals surface area (Å²) >= 11 is 0. The first-order valence-electron chi connectivity index (χ1n) is 7.07. The minimum Gasteiger partial charge on any atom is -0.388 e. The fourth-order valence-electron chi connectivity index (χ4n) is 2.44. The van der Waals surface area contributed by atoms with E-state index < -0.39 is 5.60 Å². The molecule has 0 amide bonds. The summed E-state index contributed by atoms with van der Waals surface area (Å²) in [4.78, 5) is 0. The average molecular weight is 269 g/mol. The van der Waals surface area contributed by atoms with Crippen LogP contribution in [0.2, 0.25) is 0 Å². The van der Waals surface area contributed by atoms with Gasteiger partial charge in [-0.2, -0.15) is 0 Å². The van der Waals surface area contributed by atoms with Gasteiger partial charge in [0, 0.05) is 6.04 Å². The number of hydrogen-bond acceptors (Lipinski definition) is 2. The van der Waals surface area contributed by atoms with Gasteiger partial charge in [-0.1, -0.05) is 60.7 Å². The lowest BCUT2D eigenvalue weighted by atomic mass is 9.90. The van der Waals surface area contributed by atoms with Crippen molar-refractivity contribution in [3.8, 4) is 0 Å². The van der Waals surface area contributed by atoms with Gasteiger partial charge in [0.25, 0.3) is 0 Å². The number of benzene rings is 2. The molecule has 0 heterocycles. The maximum absolute atomic E-state index is 10.5. The smallest absolute Gasteiger partial charge is 0.0785 e. The molecule has 0 aliphatic carbocycles. The molecule has 2 rings (SSSR count). The maximum atomic E-state index is 10.5. The highest BCUT2D eigenvalue weighted by Gasteiger charge is 2.29. The molecule has 0 bridgehead atoms. The zero-order chi connectivity index (χ0) is 14.6. The maximum Gasteiger partial charge on any atom is 0.0785 e. The summed E-state index contributed by atoms with van der Waals surface area (Å²) in [6.07, 6.45) is 0. The number of rotatable bonds is 5. The summed E-state index contributed by atoms with van der Waals surface area (Å²) < 4.78 is 0. The quantitative estimate of drug-likeness (QED) is 0.864. The van der Waals surface area contributed by atoms with Crippen molar-refractivity contribution in [2.45, 2.75) is 38.5 Å². The minimum absolute atomic E-state index is 0.112. The van der Waals surface area contributed by atoms with Crippen molar-refractivity contribution < 1.29 is 5.11 Å². The fraction of sp³-hybridized carbons (Fsp3) is 0.333. The SMILES string of the molecule is C[C@H](N[C@@H](c1ccccc1)C(C)(C)O)c1ccccc1. The van der Waals surface area contributed by atoms with Crippen LogP contribution in [-0.4, -0.2) is 10.7 Å². The molecule has 2 aromatic carbocycles. The minimum atomic E-state index is -0.829. The molecular weight excluding hydrogens is 246 g/mol. The first-order valence-corrected chi connectivity index (χ1v) is 7.07. The van der Waals surface area contributed by atoms with E-state index >= 15 is 0 Å². The van der Waals surface area contributed by atoms with E-state index in [0.29, 0.717) is 0 Å². The average Bonchev–Trinajstić information content (AvgIpc) is 2.45. The third-order valence-electron chi connectivity index (χ3n) is 3.56. The summed E-state index contributed by atoms with van der Waals surface area (Å²) in [6.45, 7) is 5.81. The summed E-state index contributed by atoms with van der Waals surface area (Å²) in [6, 6.07) is 20.4. The Morgan fingerprint density at radius 3 is 1.75 bits per heavy atom. The normalized spacial score (nSPS) is 14.8. The van der Waals surface area contributed by atoms with Crippen molar-refractivity contribution in [3.05, 3.63) is 71.8 Å². The molecule has 0 aliphatic rings. The Morgan fingerprint density at radius 1 is 0.850 bits per heavy atom. The Bertz CT molecular complexity index is 516. The zero-order valence-corrected chi connectivity index (χ0v) is 12.4.